The van der Waals surface area contributed by atoms with Gasteiger partial charge in [0.15, 0.2) is 0 Å². The molecule has 0 spiro atoms. The molecule has 0 bridgehead atoms. The maximum absolute atomic E-state index is 12.3. The Hall–Kier alpha value is -2.09. The van der Waals surface area contributed by atoms with E-state index in [1.54, 1.807) is 31.4 Å². The molecule has 1 amide bonds. The summed E-state index contributed by atoms with van der Waals surface area (Å²) in [7, 11) is 0.688. The van der Waals surface area contributed by atoms with Gasteiger partial charge in [0.2, 0.25) is 15.9 Å². The summed E-state index contributed by atoms with van der Waals surface area (Å²) in [5, 5.41) is 2.78. The van der Waals surface area contributed by atoms with E-state index in [1.807, 2.05) is 6.07 Å². The summed E-state index contributed by atoms with van der Waals surface area (Å²) in [5.41, 5.74) is 1.14. The molecule has 0 aliphatic rings. The third-order valence-corrected chi connectivity index (χ3v) is 5.77. The molecular weight excluding hydrogens is 364 g/mol. The van der Waals surface area contributed by atoms with Crippen molar-refractivity contribution in [1.29, 1.82) is 0 Å². The van der Waals surface area contributed by atoms with Crippen LogP contribution in [0.3, 0.4) is 0 Å². The molecule has 0 aliphatic heterocycles. The van der Waals surface area contributed by atoms with Crippen LogP contribution >= 0.6 is 11.6 Å². The number of carbonyl (C=O) groups excluding carboxylic acids is 1. The van der Waals surface area contributed by atoms with E-state index in [0.29, 0.717) is 11.4 Å². The summed E-state index contributed by atoms with van der Waals surface area (Å²) in [6.07, 6.45) is 0.135. The Balaban J connectivity index is 2.19. The third kappa shape index (κ3) is 4.72. The van der Waals surface area contributed by atoms with Crippen molar-refractivity contribution in [3.63, 3.8) is 0 Å². The van der Waals surface area contributed by atoms with E-state index in [4.69, 9.17) is 16.3 Å². The number of halogens is 1. The van der Waals surface area contributed by atoms with Crippen LogP contribution in [-0.2, 0) is 21.2 Å². The summed E-state index contributed by atoms with van der Waals surface area (Å²) < 4.78 is 30.7. The quantitative estimate of drug-likeness (QED) is 0.833. The van der Waals surface area contributed by atoms with E-state index in [9.17, 15) is 13.2 Å². The first-order chi connectivity index (χ1) is 11.7. The Labute approximate surface area is 152 Å². The van der Waals surface area contributed by atoms with Crippen LogP contribution in [-0.4, -0.2) is 39.8 Å². The second-order valence-electron chi connectivity index (χ2n) is 5.51. The van der Waals surface area contributed by atoms with Crippen molar-refractivity contribution >= 4 is 33.2 Å². The number of nitrogens with zero attached hydrogens (tertiary/aromatic N) is 1. The molecule has 0 fully saturated rings. The van der Waals surface area contributed by atoms with Crippen LogP contribution in [0.2, 0.25) is 5.02 Å². The van der Waals surface area contributed by atoms with Crippen molar-refractivity contribution in [2.24, 2.45) is 0 Å². The summed E-state index contributed by atoms with van der Waals surface area (Å²) >= 11 is 5.99. The predicted octanol–water partition coefficient (Wildman–Crippen LogP) is 2.78. The number of sulfonamides is 1. The maximum atomic E-state index is 12.3. The topological polar surface area (TPSA) is 75.7 Å². The molecule has 0 aliphatic carbocycles. The zero-order valence-electron chi connectivity index (χ0n) is 14.1. The van der Waals surface area contributed by atoms with Gasteiger partial charge in [0.25, 0.3) is 0 Å². The molecule has 134 valence electrons. The lowest BCUT2D eigenvalue weighted by atomic mass is 10.1. The fourth-order valence-electron chi connectivity index (χ4n) is 2.15. The van der Waals surface area contributed by atoms with E-state index < -0.39 is 10.0 Å². The first-order valence-corrected chi connectivity index (χ1v) is 9.20. The summed E-state index contributed by atoms with van der Waals surface area (Å²) in [6, 6.07) is 11.5. The summed E-state index contributed by atoms with van der Waals surface area (Å²) in [5.74, 6) is 0.389. The van der Waals surface area contributed by atoms with Crippen molar-refractivity contribution in [1.82, 2.24) is 4.31 Å². The molecule has 0 saturated carbocycles. The van der Waals surface area contributed by atoms with Gasteiger partial charge in [-0.25, -0.2) is 12.7 Å². The second kappa shape index (κ2) is 7.86. The van der Waals surface area contributed by atoms with Gasteiger partial charge in [-0.3, -0.25) is 4.79 Å². The molecule has 6 nitrogen and oxygen atoms in total. The molecule has 2 rings (SSSR count). The minimum atomic E-state index is -3.70. The average Bonchev–Trinajstić information content (AvgIpc) is 2.56. The van der Waals surface area contributed by atoms with Crippen molar-refractivity contribution in [3.8, 4) is 5.75 Å². The number of benzene rings is 2. The van der Waals surface area contributed by atoms with Crippen molar-refractivity contribution in [2.75, 3.05) is 26.5 Å². The van der Waals surface area contributed by atoms with Gasteiger partial charge in [-0.15, -0.1) is 0 Å². The molecule has 0 saturated heterocycles. The van der Waals surface area contributed by atoms with Gasteiger partial charge in [-0.1, -0.05) is 23.7 Å². The highest BCUT2D eigenvalue weighted by molar-refractivity contribution is 7.89. The number of nitrogens with one attached hydrogen (secondary N) is 1. The molecular formula is C17H19ClN2O4S. The highest BCUT2D eigenvalue weighted by Crippen LogP contribution is 2.27. The number of ether oxygens (including phenoxy) is 1. The largest absolute Gasteiger partial charge is 0.497 e. The smallest absolute Gasteiger partial charge is 0.244 e. The Morgan fingerprint density at radius 1 is 1.20 bits per heavy atom. The number of methoxy groups -OCH3 is 1. The molecule has 0 aromatic heterocycles. The zero-order valence-corrected chi connectivity index (χ0v) is 15.7. The lowest BCUT2D eigenvalue weighted by Crippen LogP contribution is -2.23. The molecule has 8 heteroatoms. The van der Waals surface area contributed by atoms with Gasteiger partial charge < -0.3 is 10.1 Å². The monoisotopic (exact) mass is 382 g/mol. The molecule has 2 aromatic rings. The normalized spacial score (nSPS) is 11.4. The standard InChI is InChI=1S/C17H19ClN2O4S/c1-20(2)25(22,23)16-11-13(7-8-15(16)18)19-17(21)10-12-5-4-6-14(9-12)24-3/h4-9,11H,10H2,1-3H3,(H,19,21). The Morgan fingerprint density at radius 3 is 2.56 bits per heavy atom. The minimum absolute atomic E-state index is 0.0571. The Kier molecular flexibility index (Phi) is 6.05. The SMILES string of the molecule is COc1cccc(CC(=O)Nc2ccc(Cl)c(S(=O)(=O)N(C)C)c2)c1. The molecule has 2 aromatic carbocycles. The van der Waals surface area contributed by atoms with Crippen LogP contribution in [0, 0.1) is 0 Å². The van der Waals surface area contributed by atoms with Crippen LogP contribution in [0.25, 0.3) is 0 Å². The second-order valence-corrected chi connectivity index (χ2v) is 8.04. The van der Waals surface area contributed by atoms with Gasteiger partial charge in [0, 0.05) is 19.8 Å². The first-order valence-electron chi connectivity index (χ1n) is 7.39. The molecule has 0 heterocycles. The lowest BCUT2D eigenvalue weighted by molar-refractivity contribution is -0.115. The number of rotatable bonds is 6. The van der Waals surface area contributed by atoms with Gasteiger partial charge in [-0.05, 0) is 35.9 Å². The Morgan fingerprint density at radius 2 is 1.92 bits per heavy atom. The fourth-order valence-corrected chi connectivity index (χ4v) is 3.54. The van der Waals surface area contributed by atoms with E-state index in [1.165, 1.54) is 26.2 Å². The summed E-state index contributed by atoms with van der Waals surface area (Å²) in [4.78, 5) is 12.2. The van der Waals surface area contributed by atoms with Gasteiger partial charge >= 0.3 is 0 Å². The van der Waals surface area contributed by atoms with E-state index >= 15 is 0 Å². The van der Waals surface area contributed by atoms with Gasteiger partial charge in [-0.2, -0.15) is 0 Å². The zero-order chi connectivity index (χ0) is 18.6. The van der Waals surface area contributed by atoms with Crippen LogP contribution < -0.4 is 10.1 Å². The maximum Gasteiger partial charge on any atom is 0.244 e. The number of amides is 1. The highest BCUT2D eigenvalue weighted by atomic mass is 35.5. The lowest BCUT2D eigenvalue weighted by Gasteiger charge is -2.14. The molecule has 25 heavy (non-hydrogen) atoms. The fraction of sp³-hybridized carbons (Fsp3) is 0.235. The number of carbonyl (C=O) groups is 1. The van der Waals surface area contributed by atoms with Crippen LogP contribution in [0.4, 0.5) is 5.69 Å². The van der Waals surface area contributed by atoms with Crippen molar-refractivity contribution in [3.05, 3.63) is 53.1 Å². The highest BCUT2D eigenvalue weighted by Gasteiger charge is 2.21. The number of anilines is 1. The Bertz CT molecular complexity index is 882. The minimum Gasteiger partial charge on any atom is -0.497 e. The average molecular weight is 383 g/mol. The first kappa shape index (κ1) is 19.2. The third-order valence-electron chi connectivity index (χ3n) is 3.47. The number of hydrogen-bond acceptors (Lipinski definition) is 4. The number of hydrogen-bond donors (Lipinski definition) is 1. The molecule has 0 unspecified atom stereocenters. The summed E-state index contributed by atoms with van der Waals surface area (Å²) in [6.45, 7) is 0. The van der Waals surface area contributed by atoms with Crippen molar-refractivity contribution < 1.29 is 17.9 Å². The van der Waals surface area contributed by atoms with E-state index in [-0.39, 0.29) is 22.2 Å². The molecule has 0 atom stereocenters. The van der Waals surface area contributed by atoms with Gasteiger partial charge in [0.1, 0.15) is 10.6 Å². The van der Waals surface area contributed by atoms with Gasteiger partial charge in [0.05, 0.1) is 18.6 Å². The van der Waals surface area contributed by atoms with E-state index in [0.717, 1.165) is 9.87 Å². The predicted molar refractivity (Wildman–Crippen MR) is 97.7 cm³/mol. The van der Waals surface area contributed by atoms with Crippen LogP contribution in [0.1, 0.15) is 5.56 Å². The molecule has 1 N–H and O–H groups in total. The van der Waals surface area contributed by atoms with Crippen LogP contribution in [0.5, 0.6) is 5.75 Å². The van der Waals surface area contributed by atoms with Crippen LogP contribution in [0.15, 0.2) is 47.4 Å². The van der Waals surface area contributed by atoms with E-state index in [2.05, 4.69) is 5.32 Å². The molecule has 0 radical (unpaired) electrons. The van der Waals surface area contributed by atoms with Crippen molar-refractivity contribution in [2.45, 2.75) is 11.3 Å².